The summed E-state index contributed by atoms with van der Waals surface area (Å²) in [5.74, 6) is 0.204. The lowest BCUT2D eigenvalue weighted by Gasteiger charge is -2.18. The molecular weight excluding hydrogens is 316 g/mol. The van der Waals surface area contributed by atoms with Gasteiger partial charge in [0.15, 0.2) is 0 Å². The van der Waals surface area contributed by atoms with Crippen molar-refractivity contribution in [1.29, 1.82) is 0 Å². The Bertz CT molecular complexity index is 742. The molecule has 2 rings (SSSR count). The average Bonchev–Trinajstić information content (AvgIpc) is 2.65. The van der Waals surface area contributed by atoms with Crippen LogP contribution in [0.4, 0.5) is 5.69 Å². The molecular formula is C20H22N2O3. The van der Waals surface area contributed by atoms with Crippen molar-refractivity contribution in [3.8, 4) is 5.75 Å². The number of hydrogen-bond donors (Lipinski definition) is 1. The monoisotopic (exact) mass is 338 g/mol. The van der Waals surface area contributed by atoms with Crippen LogP contribution in [0.25, 0.3) is 6.08 Å². The molecule has 2 aromatic carbocycles. The molecule has 0 aliphatic carbocycles. The lowest BCUT2D eigenvalue weighted by atomic mass is 10.2. The number of hydrogen-bond acceptors (Lipinski definition) is 3. The minimum absolute atomic E-state index is 0.00826. The number of anilines is 1. The van der Waals surface area contributed by atoms with E-state index in [2.05, 4.69) is 5.32 Å². The van der Waals surface area contributed by atoms with E-state index in [9.17, 15) is 9.59 Å². The second-order valence-corrected chi connectivity index (χ2v) is 5.38. The van der Waals surface area contributed by atoms with Gasteiger partial charge in [-0.05, 0) is 30.7 Å². The van der Waals surface area contributed by atoms with Crippen molar-refractivity contribution in [2.24, 2.45) is 0 Å². The highest BCUT2D eigenvalue weighted by atomic mass is 16.5. The van der Waals surface area contributed by atoms with Crippen LogP contribution >= 0.6 is 0 Å². The van der Waals surface area contributed by atoms with Crippen molar-refractivity contribution in [3.05, 3.63) is 66.2 Å². The highest BCUT2D eigenvalue weighted by molar-refractivity contribution is 5.98. The van der Waals surface area contributed by atoms with Crippen LogP contribution in [-0.2, 0) is 9.59 Å². The number of nitrogens with one attached hydrogen (secondary N) is 1. The van der Waals surface area contributed by atoms with Gasteiger partial charge in [0.05, 0.1) is 7.11 Å². The van der Waals surface area contributed by atoms with Gasteiger partial charge in [0, 0.05) is 24.4 Å². The molecule has 0 aliphatic heterocycles. The summed E-state index contributed by atoms with van der Waals surface area (Å²) < 4.78 is 5.13. The number of carbonyl (C=O) groups excluding carboxylic acids is 2. The van der Waals surface area contributed by atoms with Crippen LogP contribution in [0.2, 0.25) is 0 Å². The van der Waals surface area contributed by atoms with Gasteiger partial charge in [-0.15, -0.1) is 0 Å². The van der Waals surface area contributed by atoms with Gasteiger partial charge >= 0.3 is 0 Å². The normalized spacial score (nSPS) is 10.5. The zero-order valence-electron chi connectivity index (χ0n) is 14.4. The number of rotatable bonds is 7. The molecule has 0 aliphatic rings. The van der Waals surface area contributed by atoms with Gasteiger partial charge in [-0.3, -0.25) is 9.59 Å². The largest absolute Gasteiger partial charge is 0.497 e. The summed E-state index contributed by atoms with van der Waals surface area (Å²) in [6, 6.07) is 16.6. The zero-order valence-corrected chi connectivity index (χ0v) is 14.4. The van der Waals surface area contributed by atoms with E-state index in [-0.39, 0.29) is 18.4 Å². The summed E-state index contributed by atoms with van der Waals surface area (Å²) in [6.45, 7) is 2.28. The predicted molar refractivity (Wildman–Crippen MR) is 99.4 cm³/mol. The van der Waals surface area contributed by atoms with Gasteiger partial charge in [0.25, 0.3) is 0 Å². The number of ether oxygens (including phenoxy) is 1. The number of nitrogens with zero attached hydrogens (tertiary/aromatic N) is 1. The van der Waals surface area contributed by atoms with E-state index in [0.29, 0.717) is 18.0 Å². The molecule has 0 atom stereocenters. The Morgan fingerprint density at radius 2 is 1.88 bits per heavy atom. The van der Waals surface area contributed by atoms with Crippen LogP contribution in [0.15, 0.2) is 60.7 Å². The zero-order chi connectivity index (χ0) is 18.1. The number of amides is 2. The summed E-state index contributed by atoms with van der Waals surface area (Å²) in [7, 11) is 1.57. The van der Waals surface area contributed by atoms with E-state index < -0.39 is 0 Å². The molecule has 0 saturated heterocycles. The summed E-state index contributed by atoms with van der Waals surface area (Å²) in [4.78, 5) is 25.9. The fourth-order valence-corrected chi connectivity index (χ4v) is 2.26. The quantitative estimate of drug-likeness (QED) is 0.789. The predicted octanol–water partition coefficient (Wildman–Crippen LogP) is 3.20. The average molecular weight is 338 g/mol. The number of benzene rings is 2. The third-order valence-electron chi connectivity index (χ3n) is 3.60. The fourth-order valence-electron chi connectivity index (χ4n) is 2.26. The SMILES string of the molecule is CCN(CC(=O)Nc1cccc(OC)c1)C(=O)/C=C/c1ccccc1. The van der Waals surface area contributed by atoms with Crippen LogP contribution in [0, 0.1) is 0 Å². The lowest BCUT2D eigenvalue weighted by molar-refractivity contribution is -0.130. The molecule has 0 spiro atoms. The first-order valence-corrected chi connectivity index (χ1v) is 8.08. The van der Waals surface area contributed by atoms with E-state index in [1.807, 2.05) is 37.3 Å². The molecule has 0 radical (unpaired) electrons. The number of carbonyl (C=O) groups is 2. The van der Waals surface area contributed by atoms with Gasteiger partial charge in [0.1, 0.15) is 12.3 Å². The van der Waals surface area contributed by atoms with Gasteiger partial charge in [-0.25, -0.2) is 0 Å². The smallest absolute Gasteiger partial charge is 0.247 e. The molecule has 0 bridgehead atoms. The van der Waals surface area contributed by atoms with Gasteiger partial charge in [-0.1, -0.05) is 36.4 Å². The molecule has 1 N–H and O–H groups in total. The first-order chi connectivity index (χ1) is 12.1. The van der Waals surface area contributed by atoms with Crippen molar-refractivity contribution >= 4 is 23.6 Å². The highest BCUT2D eigenvalue weighted by Crippen LogP contribution is 2.16. The summed E-state index contributed by atoms with van der Waals surface area (Å²) in [5, 5.41) is 2.77. The molecule has 2 aromatic rings. The molecule has 2 amide bonds. The Morgan fingerprint density at radius 1 is 1.12 bits per heavy atom. The van der Waals surface area contributed by atoms with E-state index in [1.54, 1.807) is 37.5 Å². The van der Waals surface area contributed by atoms with Gasteiger partial charge in [-0.2, -0.15) is 0 Å². The second kappa shape index (κ2) is 9.27. The molecule has 25 heavy (non-hydrogen) atoms. The van der Waals surface area contributed by atoms with Crippen LogP contribution in [0.3, 0.4) is 0 Å². The summed E-state index contributed by atoms with van der Waals surface area (Å²) in [5.41, 5.74) is 1.57. The molecule has 0 aromatic heterocycles. The molecule has 5 nitrogen and oxygen atoms in total. The van der Waals surface area contributed by atoms with Crippen molar-refractivity contribution in [2.75, 3.05) is 25.5 Å². The van der Waals surface area contributed by atoms with E-state index in [4.69, 9.17) is 4.74 Å². The third-order valence-corrected chi connectivity index (χ3v) is 3.60. The molecule has 0 unspecified atom stereocenters. The molecule has 0 fully saturated rings. The molecule has 5 heteroatoms. The maximum atomic E-state index is 12.3. The Morgan fingerprint density at radius 3 is 2.56 bits per heavy atom. The van der Waals surface area contributed by atoms with Gasteiger partial charge in [0.2, 0.25) is 11.8 Å². The first-order valence-electron chi connectivity index (χ1n) is 8.08. The van der Waals surface area contributed by atoms with Crippen molar-refractivity contribution < 1.29 is 14.3 Å². The first kappa shape index (κ1) is 18.3. The third kappa shape index (κ3) is 5.80. The molecule has 130 valence electrons. The van der Waals surface area contributed by atoms with Gasteiger partial charge < -0.3 is 15.0 Å². The van der Waals surface area contributed by atoms with Crippen LogP contribution in [0.5, 0.6) is 5.75 Å². The number of methoxy groups -OCH3 is 1. The minimum atomic E-state index is -0.253. The molecule has 0 saturated carbocycles. The topological polar surface area (TPSA) is 58.6 Å². The maximum Gasteiger partial charge on any atom is 0.247 e. The summed E-state index contributed by atoms with van der Waals surface area (Å²) >= 11 is 0. The van der Waals surface area contributed by atoms with Crippen molar-refractivity contribution in [3.63, 3.8) is 0 Å². The van der Waals surface area contributed by atoms with E-state index in [1.165, 1.54) is 11.0 Å². The maximum absolute atomic E-state index is 12.3. The Labute approximate surface area is 147 Å². The molecule has 0 heterocycles. The van der Waals surface area contributed by atoms with Crippen LogP contribution in [0.1, 0.15) is 12.5 Å². The lowest BCUT2D eigenvalue weighted by Crippen LogP contribution is -2.36. The van der Waals surface area contributed by atoms with E-state index in [0.717, 1.165) is 5.56 Å². The number of likely N-dealkylation sites (N-methyl/N-ethyl adjacent to an activating group) is 1. The second-order valence-electron chi connectivity index (χ2n) is 5.38. The van der Waals surface area contributed by atoms with Crippen LogP contribution in [-0.4, -0.2) is 36.9 Å². The Kier molecular flexibility index (Phi) is 6.77. The fraction of sp³-hybridized carbons (Fsp3) is 0.200. The highest BCUT2D eigenvalue weighted by Gasteiger charge is 2.13. The minimum Gasteiger partial charge on any atom is -0.497 e. The summed E-state index contributed by atoms with van der Waals surface area (Å²) in [6.07, 6.45) is 3.22. The van der Waals surface area contributed by atoms with Crippen molar-refractivity contribution in [1.82, 2.24) is 4.90 Å². The Balaban J connectivity index is 1.94. The Hall–Kier alpha value is -3.08. The van der Waals surface area contributed by atoms with E-state index >= 15 is 0 Å². The van der Waals surface area contributed by atoms with Crippen molar-refractivity contribution in [2.45, 2.75) is 6.92 Å². The van der Waals surface area contributed by atoms with Crippen LogP contribution < -0.4 is 10.1 Å². The standard InChI is InChI=1S/C20H22N2O3/c1-3-22(20(24)13-12-16-8-5-4-6-9-16)15-19(23)21-17-10-7-11-18(14-17)25-2/h4-14H,3,15H2,1-2H3,(H,21,23)/b13-12+.